The average molecular weight is 200 g/mol. The highest BCUT2D eigenvalue weighted by Crippen LogP contribution is 2.23. The van der Waals surface area contributed by atoms with Gasteiger partial charge in [-0.05, 0) is 17.0 Å². The van der Waals surface area contributed by atoms with Gasteiger partial charge in [0.1, 0.15) is 5.03 Å². The van der Waals surface area contributed by atoms with Crippen molar-refractivity contribution in [3.8, 4) is 0 Å². The van der Waals surface area contributed by atoms with E-state index in [1.165, 1.54) is 11.3 Å². The summed E-state index contributed by atoms with van der Waals surface area (Å²) in [5, 5.41) is 5.12. The van der Waals surface area contributed by atoms with Crippen LogP contribution in [0.1, 0.15) is 15.2 Å². The Labute approximate surface area is 78.9 Å². The van der Waals surface area contributed by atoms with E-state index < -0.39 is 0 Å². The van der Waals surface area contributed by atoms with Crippen LogP contribution in [0.3, 0.4) is 0 Å². The van der Waals surface area contributed by atoms with E-state index in [0.717, 1.165) is 10.4 Å². The smallest absolute Gasteiger partial charge is 0.216 e. The molecule has 1 aliphatic heterocycles. The van der Waals surface area contributed by atoms with Crippen LogP contribution in [0.4, 0.5) is 0 Å². The molecule has 12 heavy (non-hydrogen) atoms. The molecule has 0 fully saturated rings. The number of ketones is 1. The van der Waals surface area contributed by atoms with Crippen molar-refractivity contribution in [1.29, 1.82) is 0 Å². The summed E-state index contributed by atoms with van der Waals surface area (Å²) < 4.78 is 0. The molecule has 62 valence electrons. The molecular formula is C8H6ClNOS. The van der Waals surface area contributed by atoms with Crippen molar-refractivity contribution >= 4 is 28.7 Å². The third-order valence-corrected chi connectivity index (χ3v) is 2.93. The molecule has 0 atom stereocenters. The van der Waals surface area contributed by atoms with Gasteiger partial charge >= 0.3 is 0 Å². The quantitative estimate of drug-likeness (QED) is 0.694. The molecule has 2 rings (SSSR count). The average Bonchev–Trinajstić information content (AvgIpc) is 2.46. The molecular weight excluding hydrogens is 194 g/mol. The van der Waals surface area contributed by atoms with Crippen molar-refractivity contribution in [2.45, 2.75) is 6.54 Å². The highest BCUT2D eigenvalue weighted by molar-refractivity contribution is 7.12. The Hall–Kier alpha value is -0.800. The summed E-state index contributed by atoms with van der Waals surface area (Å²) in [5.74, 6) is -0.0772. The number of Topliss-reactive ketones (excluding diaryl/α,β-unsaturated/α-hetero) is 1. The van der Waals surface area contributed by atoms with Gasteiger partial charge in [0, 0.05) is 12.7 Å². The summed E-state index contributed by atoms with van der Waals surface area (Å²) in [5.41, 5.74) is 1.02. The van der Waals surface area contributed by atoms with Gasteiger partial charge in [0.05, 0.1) is 4.88 Å². The largest absolute Gasteiger partial charge is 0.385 e. The fourth-order valence-corrected chi connectivity index (χ4v) is 2.20. The number of rotatable bonds is 0. The van der Waals surface area contributed by atoms with Gasteiger partial charge in [-0.3, -0.25) is 4.79 Å². The number of allylic oxidation sites excluding steroid dienone is 1. The van der Waals surface area contributed by atoms with Crippen LogP contribution in [0.15, 0.2) is 22.7 Å². The van der Waals surface area contributed by atoms with E-state index in [1.807, 2.05) is 11.4 Å². The number of halogens is 1. The van der Waals surface area contributed by atoms with Crippen LogP contribution in [-0.2, 0) is 6.54 Å². The third kappa shape index (κ3) is 1.15. The topological polar surface area (TPSA) is 29.1 Å². The van der Waals surface area contributed by atoms with E-state index in [4.69, 9.17) is 11.6 Å². The summed E-state index contributed by atoms with van der Waals surface area (Å²) in [7, 11) is 0. The Morgan fingerprint density at radius 1 is 1.58 bits per heavy atom. The Morgan fingerprint density at radius 3 is 3.25 bits per heavy atom. The number of hydrogen-bond donors (Lipinski definition) is 1. The minimum absolute atomic E-state index is 0.0772. The zero-order valence-electron chi connectivity index (χ0n) is 6.13. The molecule has 1 aliphatic rings. The van der Waals surface area contributed by atoms with E-state index >= 15 is 0 Å². The Balaban J connectivity index is 2.51. The minimum atomic E-state index is -0.0772. The van der Waals surface area contributed by atoms with Crippen molar-refractivity contribution in [2.75, 3.05) is 0 Å². The predicted molar refractivity (Wildman–Crippen MR) is 49.4 cm³/mol. The molecule has 0 saturated carbocycles. The molecule has 0 bridgehead atoms. The molecule has 1 N–H and O–H groups in total. The van der Waals surface area contributed by atoms with E-state index in [1.54, 1.807) is 6.20 Å². The van der Waals surface area contributed by atoms with Gasteiger partial charge in [0.25, 0.3) is 0 Å². The summed E-state index contributed by atoms with van der Waals surface area (Å²) in [6, 6.07) is 1.94. The summed E-state index contributed by atoms with van der Waals surface area (Å²) >= 11 is 7.15. The van der Waals surface area contributed by atoms with Crippen LogP contribution in [0.5, 0.6) is 0 Å². The second-order valence-corrected chi connectivity index (χ2v) is 3.80. The van der Waals surface area contributed by atoms with Gasteiger partial charge in [-0.25, -0.2) is 0 Å². The Bertz CT molecular complexity index is 356. The molecule has 0 saturated heterocycles. The van der Waals surface area contributed by atoms with E-state index in [2.05, 4.69) is 5.32 Å². The van der Waals surface area contributed by atoms with Crippen molar-refractivity contribution < 1.29 is 4.79 Å². The molecule has 0 spiro atoms. The number of nitrogens with one attached hydrogen (secondary N) is 1. The van der Waals surface area contributed by atoms with Gasteiger partial charge in [-0.15, -0.1) is 11.3 Å². The SMILES string of the molecule is O=C1C(Cl)=CNCc2ccsc21. The number of hydrogen-bond acceptors (Lipinski definition) is 3. The zero-order valence-corrected chi connectivity index (χ0v) is 7.71. The first-order valence-electron chi connectivity index (χ1n) is 3.49. The van der Waals surface area contributed by atoms with E-state index in [-0.39, 0.29) is 10.8 Å². The summed E-state index contributed by atoms with van der Waals surface area (Å²) in [6.45, 7) is 0.681. The lowest BCUT2D eigenvalue weighted by atomic mass is 10.2. The molecule has 2 heterocycles. The van der Waals surface area contributed by atoms with Gasteiger partial charge in [-0.2, -0.15) is 0 Å². The van der Waals surface area contributed by atoms with Crippen LogP contribution in [-0.4, -0.2) is 5.78 Å². The lowest BCUT2D eigenvalue weighted by molar-refractivity contribution is 0.104. The van der Waals surface area contributed by atoms with E-state index in [9.17, 15) is 4.79 Å². The fraction of sp³-hybridized carbons (Fsp3) is 0.125. The van der Waals surface area contributed by atoms with Crippen LogP contribution in [0, 0.1) is 0 Å². The Morgan fingerprint density at radius 2 is 2.42 bits per heavy atom. The normalized spacial score (nSPS) is 16.1. The maximum atomic E-state index is 11.5. The monoisotopic (exact) mass is 199 g/mol. The van der Waals surface area contributed by atoms with E-state index in [0.29, 0.717) is 6.54 Å². The second kappa shape index (κ2) is 2.92. The van der Waals surface area contributed by atoms with Crippen molar-refractivity contribution in [3.63, 3.8) is 0 Å². The number of thiophene rings is 1. The first-order valence-corrected chi connectivity index (χ1v) is 4.75. The van der Waals surface area contributed by atoms with Crippen molar-refractivity contribution in [3.05, 3.63) is 33.1 Å². The number of carbonyl (C=O) groups excluding carboxylic acids is 1. The van der Waals surface area contributed by atoms with Crippen LogP contribution < -0.4 is 5.32 Å². The lowest BCUT2D eigenvalue weighted by Gasteiger charge is -1.94. The third-order valence-electron chi connectivity index (χ3n) is 1.69. The molecule has 2 nitrogen and oxygen atoms in total. The van der Waals surface area contributed by atoms with Crippen molar-refractivity contribution in [1.82, 2.24) is 5.32 Å². The minimum Gasteiger partial charge on any atom is -0.385 e. The molecule has 0 radical (unpaired) electrons. The molecule has 0 amide bonds. The van der Waals surface area contributed by atoms with Gasteiger partial charge in [0.15, 0.2) is 0 Å². The first kappa shape index (κ1) is 7.83. The summed E-state index contributed by atoms with van der Waals surface area (Å²) in [6.07, 6.45) is 1.55. The summed E-state index contributed by atoms with van der Waals surface area (Å²) in [4.78, 5) is 12.2. The molecule has 0 aromatic carbocycles. The van der Waals surface area contributed by atoms with Crippen LogP contribution >= 0.6 is 22.9 Å². The molecule has 1 aromatic heterocycles. The maximum Gasteiger partial charge on any atom is 0.216 e. The molecule has 0 unspecified atom stereocenters. The second-order valence-electron chi connectivity index (χ2n) is 2.48. The lowest BCUT2D eigenvalue weighted by Crippen LogP contribution is -2.02. The zero-order chi connectivity index (χ0) is 8.55. The van der Waals surface area contributed by atoms with Crippen LogP contribution in [0.2, 0.25) is 0 Å². The van der Waals surface area contributed by atoms with Crippen LogP contribution in [0.25, 0.3) is 0 Å². The Kier molecular flexibility index (Phi) is 1.90. The predicted octanol–water partition coefficient (Wildman–Crippen LogP) is 2.11. The first-order chi connectivity index (χ1) is 5.79. The molecule has 1 aromatic rings. The van der Waals surface area contributed by atoms with Gasteiger partial charge in [0.2, 0.25) is 5.78 Å². The maximum absolute atomic E-state index is 11.5. The molecule has 0 aliphatic carbocycles. The fourth-order valence-electron chi connectivity index (χ4n) is 1.10. The highest BCUT2D eigenvalue weighted by atomic mass is 35.5. The number of fused-ring (bicyclic) bond motifs is 1. The van der Waals surface area contributed by atoms with Crippen molar-refractivity contribution in [2.24, 2.45) is 0 Å². The van der Waals surface area contributed by atoms with Gasteiger partial charge < -0.3 is 5.32 Å². The molecule has 4 heteroatoms. The number of carbonyl (C=O) groups is 1. The standard InChI is InChI=1S/C8H6ClNOS/c9-6-4-10-3-5-1-2-12-8(5)7(6)11/h1-2,4,10H,3H2. The van der Waals surface area contributed by atoms with Gasteiger partial charge in [-0.1, -0.05) is 11.6 Å². The highest BCUT2D eigenvalue weighted by Gasteiger charge is 2.18.